The molecule has 3 fully saturated rings. The summed E-state index contributed by atoms with van der Waals surface area (Å²) in [5.74, 6) is -0.680. The number of carbonyl (C=O) groups excluding carboxylic acids is 3. The molecular weight excluding hydrogens is 375 g/mol. The molecule has 3 saturated heterocycles. The van der Waals surface area contributed by atoms with Gasteiger partial charge in [-0.3, -0.25) is 9.59 Å². The summed E-state index contributed by atoms with van der Waals surface area (Å²) in [5, 5.41) is 0. The van der Waals surface area contributed by atoms with E-state index in [2.05, 4.69) is 0 Å². The average molecular weight is 395 g/mol. The zero-order chi connectivity index (χ0) is 20.6. The Bertz CT molecular complexity index is 877. The first-order valence-electron chi connectivity index (χ1n) is 9.06. The quantitative estimate of drug-likeness (QED) is 0.687. The largest absolute Gasteiger partial charge is 0.416 e. The molecule has 6 nitrogen and oxygen atoms in total. The molecule has 0 unspecified atom stereocenters. The van der Waals surface area contributed by atoms with Crippen LogP contribution in [0.25, 0.3) is 0 Å². The van der Waals surface area contributed by atoms with Crippen molar-refractivity contribution in [1.29, 1.82) is 0 Å². The van der Waals surface area contributed by atoms with Crippen LogP contribution in [0, 0.1) is 5.41 Å². The maximum absolute atomic E-state index is 13.0. The minimum Gasteiger partial charge on any atom is -0.334 e. The smallest absolute Gasteiger partial charge is 0.334 e. The lowest BCUT2D eigenvalue weighted by Crippen LogP contribution is -2.56. The van der Waals surface area contributed by atoms with Crippen molar-refractivity contribution in [3.63, 3.8) is 0 Å². The molecule has 0 radical (unpaired) electrons. The van der Waals surface area contributed by atoms with E-state index in [1.807, 2.05) is 0 Å². The second kappa shape index (κ2) is 5.71. The van der Waals surface area contributed by atoms with Gasteiger partial charge in [-0.2, -0.15) is 13.2 Å². The lowest BCUT2D eigenvalue weighted by atomic mass is 9.93. The van der Waals surface area contributed by atoms with Crippen LogP contribution in [-0.4, -0.2) is 52.3 Å². The number of piperazine rings is 1. The minimum atomic E-state index is -4.58. The van der Waals surface area contributed by atoms with E-state index in [0.717, 1.165) is 17.0 Å². The Morgan fingerprint density at radius 2 is 1.82 bits per heavy atom. The Morgan fingerprint density at radius 1 is 1.14 bits per heavy atom. The Kier molecular flexibility index (Phi) is 3.83. The van der Waals surface area contributed by atoms with E-state index < -0.39 is 41.2 Å². The number of rotatable bonds is 1. The van der Waals surface area contributed by atoms with Crippen molar-refractivity contribution in [1.82, 2.24) is 9.80 Å². The van der Waals surface area contributed by atoms with Gasteiger partial charge in [-0.25, -0.2) is 9.69 Å². The zero-order valence-electron chi connectivity index (χ0n) is 15.7. The fraction of sp³-hybridized carbons (Fsp3) is 0.526. The van der Waals surface area contributed by atoms with E-state index in [1.54, 1.807) is 25.7 Å². The number of benzene rings is 1. The summed E-state index contributed by atoms with van der Waals surface area (Å²) in [6, 6.07) is 1.98. The Labute approximate surface area is 159 Å². The average Bonchev–Trinajstić information content (AvgIpc) is 3.24. The minimum absolute atomic E-state index is 0.0996. The maximum atomic E-state index is 13.0. The molecule has 4 rings (SSSR count). The van der Waals surface area contributed by atoms with Crippen LogP contribution < -0.4 is 4.90 Å². The second-order valence-electron chi connectivity index (χ2n) is 8.52. The van der Waals surface area contributed by atoms with Gasteiger partial charge >= 0.3 is 12.2 Å². The third kappa shape index (κ3) is 2.59. The van der Waals surface area contributed by atoms with Gasteiger partial charge in [0.05, 0.1) is 23.3 Å². The molecule has 3 atom stereocenters. The number of anilines is 1. The normalized spacial score (nSPS) is 27.1. The van der Waals surface area contributed by atoms with Crippen LogP contribution in [0.15, 0.2) is 24.3 Å². The highest BCUT2D eigenvalue weighted by molar-refractivity contribution is 6.22. The summed E-state index contributed by atoms with van der Waals surface area (Å²) in [5.41, 5.74) is -1.65. The number of alkyl halides is 3. The second-order valence-corrected chi connectivity index (χ2v) is 8.52. The van der Waals surface area contributed by atoms with E-state index in [1.165, 1.54) is 17.0 Å². The van der Waals surface area contributed by atoms with Crippen molar-refractivity contribution in [3.8, 4) is 0 Å². The summed E-state index contributed by atoms with van der Waals surface area (Å²) in [7, 11) is 0. The lowest BCUT2D eigenvalue weighted by molar-refractivity contribution is -0.143. The van der Waals surface area contributed by atoms with Crippen LogP contribution in [0.1, 0.15) is 32.8 Å². The Balaban J connectivity index is 1.66. The third-order valence-electron chi connectivity index (χ3n) is 5.60. The van der Waals surface area contributed by atoms with Crippen LogP contribution in [0.4, 0.5) is 23.7 Å². The fourth-order valence-electron chi connectivity index (χ4n) is 4.38. The van der Waals surface area contributed by atoms with E-state index in [-0.39, 0.29) is 17.6 Å². The standard InChI is InChI=1S/C19H20F3N3O3/c1-18(2,3)16(27)23-9-12-8-13(23)14-15(26)25(17(28)24(12)14)11-6-4-5-10(7-11)19(20,21)22/h4-7,12-14H,8-9H2,1-3H3/t12-,13-,14+/m0/s1. The molecule has 3 aliphatic rings. The van der Waals surface area contributed by atoms with Gasteiger partial charge in [-0.1, -0.05) is 26.8 Å². The van der Waals surface area contributed by atoms with Crippen LogP contribution in [0.3, 0.4) is 0 Å². The highest BCUT2D eigenvalue weighted by atomic mass is 19.4. The summed E-state index contributed by atoms with van der Waals surface area (Å²) in [6.07, 6.45) is -4.06. The molecule has 4 amide bonds. The predicted octanol–water partition coefficient (Wildman–Crippen LogP) is 2.87. The van der Waals surface area contributed by atoms with Crippen LogP contribution >= 0.6 is 0 Å². The number of likely N-dealkylation sites (tertiary alicyclic amines) is 1. The van der Waals surface area contributed by atoms with Gasteiger partial charge in [0, 0.05) is 12.0 Å². The van der Waals surface area contributed by atoms with E-state index >= 15 is 0 Å². The number of hydrogen-bond acceptors (Lipinski definition) is 3. The van der Waals surface area contributed by atoms with Crippen molar-refractivity contribution < 1.29 is 27.6 Å². The van der Waals surface area contributed by atoms with Gasteiger partial charge in [0.15, 0.2) is 0 Å². The Hall–Kier alpha value is -2.58. The Morgan fingerprint density at radius 3 is 2.43 bits per heavy atom. The number of nitrogens with zero attached hydrogens (tertiary/aromatic N) is 3. The first kappa shape index (κ1) is 18.8. The number of urea groups is 1. The van der Waals surface area contributed by atoms with Gasteiger partial charge in [-0.05, 0) is 24.6 Å². The van der Waals surface area contributed by atoms with Crippen LogP contribution in [0.5, 0.6) is 0 Å². The molecular formula is C19H20F3N3O3. The molecule has 0 saturated carbocycles. The molecule has 0 aromatic heterocycles. The molecule has 28 heavy (non-hydrogen) atoms. The molecule has 150 valence electrons. The van der Waals surface area contributed by atoms with Crippen molar-refractivity contribution in [2.45, 2.75) is 51.5 Å². The van der Waals surface area contributed by atoms with E-state index in [0.29, 0.717) is 13.0 Å². The molecule has 0 spiro atoms. The van der Waals surface area contributed by atoms with Gasteiger partial charge < -0.3 is 9.80 Å². The van der Waals surface area contributed by atoms with Gasteiger partial charge in [0.25, 0.3) is 5.91 Å². The van der Waals surface area contributed by atoms with Gasteiger partial charge in [0.2, 0.25) is 5.91 Å². The highest BCUT2D eigenvalue weighted by Crippen LogP contribution is 2.44. The van der Waals surface area contributed by atoms with Crippen molar-refractivity contribution >= 4 is 23.5 Å². The molecule has 1 aromatic rings. The molecule has 1 aromatic carbocycles. The van der Waals surface area contributed by atoms with Gasteiger partial charge in [0.1, 0.15) is 6.04 Å². The van der Waals surface area contributed by atoms with Crippen LogP contribution in [-0.2, 0) is 15.8 Å². The van der Waals surface area contributed by atoms with E-state index in [9.17, 15) is 27.6 Å². The number of carbonyl (C=O) groups is 3. The van der Waals surface area contributed by atoms with E-state index in [4.69, 9.17) is 0 Å². The SMILES string of the molecule is CC(C)(C)C(=O)N1C[C@@H]2C[C@H]1[C@@H]1C(=O)N(c3cccc(C(F)(F)F)c3)C(=O)N21. The molecule has 0 aliphatic carbocycles. The van der Waals surface area contributed by atoms with Crippen molar-refractivity contribution in [2.75, 3.05) is 11.4 Å². The number of hydrogen-bond donors (Lipinski definition) is 0. The lowest BCUT2D eigenvalue weighted by Gasteiger charge is -2.37. The molecule has 0 N–H and O–H groups in total. The predicted molar refractivity (Wildman–Crippen MR) is 93.3 cm³/mol. The zero-order valence-corrected chi connectivity index (χ0v) is 15.7. The summed E-state index contributed by atoms with van der Waals surface area (Å²) in [4.78, 5) is 42.5. The fourth-order valence-corrected chi connectivity index (χ4v) is 4.38. The number of imide groups is 1. The van der Waals surface area contributed by atoms with Crippen LogP contribution in [0.2, 0.25) is 0 Å². The third-order valence-corrected chi connectivity index (χ3v) is 5.60. The summed E-state index contributed by atoms with van der Waals surface area (Å²) in [6.45, 7) is 5.70. The first-order valence-corrected chi connectivity index (χ1v) is 9.06. The molecule has 3 heterocycles. The van der Waals surface area contributed by atoms with Gasteiger partial charge in [-0.15, -0.1) is 0 Å². The number of fused-ring (bicyclic) bond motifs is 5. The van der Waals surface area contributed by atoms with Crippen molar-refractivity contribution in [3.05, 3.63) is 29.8 Å². The topological polar surface area (TPSA) is 60.9 Å². The first-order chi connectivity index (χ1) is 12.9. The monoisotopic (exact) mass is 395 g/mol. The molecule has 2 bridgehead atoms. The summed E-state index contributed by atoms with van der Waals surface area (Å²) < 4.78 is 39.1. The maximum Gasteiger partial charge on any atom is 0.416 e. The number of amides is 4. The molecule has 3 aliphatic heterocycles. The highest BCUT2D eigenvalue weighted by Gasteiger charge is 2.63. The van der Waals surface area contributed by atoms with Crippen molar-refractivity contribution in [2.24, 2.45) is 5.41 Å². The summed E-state index contributed by atoms with van der Waals surface area (Å²) >= 11 is 0. The molecule has 9 heteroatoms. The number of halogens is 3.